The Balaban J connectivity index is 1.92. The normalized spacial score (nSPS) is 21.8. The topological polar surface area (TPSA) is 66.9 Å². The molecule has 0 aliphatic carbocycles. The zero-order valence-corrected chi connectivity index (χ0v) is 13.4. The lowest BCUT2D eigenvalue weighted by atomic mass is 9.81. The molecule has 112 valence electrons. The van der Waals surface area contributed by atoms with Crippen molar-refractivity contribution in [1.82, 2.24) is 14.1 Å². The number of amides is 1. The van der Waals surface area contributed by atoms with Crippen LogP contribution in [0.1, 0.15) is 26.2 Å². The average molecular weight is 325 g/mol. The van der Waals surface area contributed by atoms with Gasteiger partial charge in [-0.3, -0.25) is 4.79 Å². The Kier molecular flexibility index (Phi) is 4.10. The predicted octanol–water partition coefficient (Wildman–Crippen LogP) is 3.06. The van der Waals surface area contributed by atoms with Gasteiger partial charge in [0, 0.05) is 6.54 Å². The van der Waals surface area contributed by atoms with Crippen molar-refractivity contribution in [1.29, 1.82) is 0 Å². The zero-order valence-electron chi connectivity index (χ0n) is 11.8. The fraction of sp³-hybridized carbons (Fsp3) is 0.500. The molecular formula is C14H17ClN4OS. The Morgan fingerprint density at radius 2 is 2.38 bits per heavy atom. The molecule has 1 aliphatic rings. The number of anilines is 1. The van der Waals surface area contributed by atoms with Gasteiger partial charge in [-0.15, -0.1) is 0 Å². The monoisotopic (exact) mass is 324 g/mol. The quantitative estimate of drug-likeness (QED) is 0.907. The van der Waals surface area contributed by atoms with Gasteiger partial charge in [-0.1, -0.05) is 24.9 Å². The number of hydrogen-bond acceptors (Lipinski definition) is 5. The second kappa shape index (κ2) is 5.87. The van der Waals surface area contributed by atoms with Crippen LogP contribution in [0.5, 0.6) is 0 Å². The van der Waals surface area contributed by atoms with Gasteiger partial charge in [-0.25, -0.2) is 0 Å². The van der Waals surface area contributed by atoms with Gasteiger partial charge in [-0.2, -0.15) is 8.75 Å². The molecule has 2 aromatic rings. The van der Waals surface area contributed by atoms with E-state index in [0.29, 0.717) is 16.2 Å². The molecular weight excluding hydrogens is 308 g/mol. The second-order valence-corrected chi connectivity index (χ2v) is 6.40. The molecule has 21 heavy (non-hydrogen) atoms. The number of nitrogens with zero attached hydrogens (tertiary/aromatic N) is 2. The summed E-state index contributed by atoms with van der Waals surface area (Å²) in [6, 6.07) is 3.57. The minimum absolute atomic E-state index is 0.0248. The van der Waals surface area contributed by atoms with Crippen LogP contribution in [0.4, 0.5) is 5.69 Å². The van der Waals surface area contributed by atoms with Crippen LogP contribution in [0.2, 0.25) is 5.02 Å². The molecule has 3 rings (SSSR count). The SMILES string of the molecule is CCCC1(C(=O)Nc2c(Cl)ccc3nsnc23)CCNC1. The Hall–Kier alpha value is -1.24. The van der Waals surface area contributed by atoms with Gasteiger partial charge in [0.2, 0.25) is 5.91 Å². The summed E-state index contributed by atoms with van der Waals surface area (Å²) >= 11 is 7.36. The van der Waals surface area contributed by atoms with Gasteiger partial charge in [0.05, 0.1) is 27.9 Å². The van der Waals surface area contributed by atoms with Crippen LogP contribution in [0.15, 0.2) is 12.1 Å². The molecule has 0 spiro atoms. The van der Waals surface area contributed by atoms with Crippen molar-refractivity contribution >= 4 is 46.0 Å². The first-order valence-corrected chi connectivity index (χ1v) is 8.20. The van der Waals surface area contributed by atoms with E-state index in [1.165, 1.54) is 0 Å². The van der Waals surface area contributed by atoms with Crippen molar-refractivity contribution < 1.29 is 4.79 Å². The number of benzene rings is 1. The van der Waals surface area contributed by atoms with Crippen LogP contribution < -0.4 is 10.6 Å². The predicted molar refractivity (Wildman–Crippen MR) is 85.9 cm³/mol. The van der Waals surface area contributed by atoms with Gasteiger partial charge in [0.25, 0.3) is 0 Å². The zero-order chi connectivity index (χ0) is 14.9. The number of carbonyl (C=O) groups excluding carboxylic acids is 1. The maximum atomic E-state index is 12.8. The molecule has 1 aromatic carbocycles. The summed E-state index contributed by atoms with van der Waals surface area (Å²) in [5.41, 5.74) is 1.66. The third kappa shape index (κ3) is 2.63. The van der Waals surface area contributed by atoms with Crippen molar-refractivity contribution in [2.75, 3.05) is 18.4 Å². The van der Waals surface area contributed by atoms with E-state index < -0.39 is 0 Å². The lowest BCUT2D eigenvalue weighted by molar-refractivity contribution is -0.125. The molecule has 2 heterocycles. The minimum Gasteiger partial charge on any atom is -0.322 e. The molecule has 1 aromatic heterocycles. The number of carbonyl (C=O) groups is 1. The smallest absolute Gasteiger partial charge is 0.232 e. The van der Waals surface area contributed by atoms with E-state index >= 15 is 0 Å². The van der Waals surface area contributed by atoms with Crippen molar-refractivity contribution in [2.45, 2.75) is 26.2 Å². The lowest BCUT2D eigenvalue weighted by Crippen LogP contribution is -2.38. The molecule has 2 N–H and O–H groups in total. The largest absolute Gasteiger partial charge is 0.322 e. The highest BCUT2D eigenvalue weighted by Gasteiger charge is 2.40. The first-order chi connectivity index (χ1) is 10.2. The third-order valence-corrected chi connectivity index (χ3v) is 4.93. The fourth-order valence-electron chi connectivity index (χ4n) is 2.93. The van der Waals surface area contributed by atoms with Crippen LogP contribution >= 0.6 is 23.3 Å². The molecule has 1 atom stereocenters. The maximum absolute atomic E-state index is 12.8. The fourth-order valence-corrected chi connectivity index (χ4v) is 3.68. The van der Waals surface area contributed by atoms with Crippen LogP contribution in [-0.2, 0) is 4.79 Å². The van der Waals surface area contributed by atoms with E-state index in [9.17, 15) is 4.79 Å². The summed E-state index contributed by atoms with van der Waals surface area (Å²) < 4.78 is 8.43. The summed E-state index contributed by atoms with van der Waals surface area (Å²) in [6.07, 6.45) is 2.70. The van der Waals surface area contributed by atoms with Crippen molar-refractivity contribution in [2.24, 2.45) is 5.41 Å². The number of aromatic nitrogens is 2. The first-order valence-electron chi connectivity index (χ1n) is 7.09. The van der Waals surface area contributed by atoms with E-state index in [1.54, 1.807) is 6.07 Å². The van der Waals surface area contributed by atoms with Crippen LogP contribution in [-0.4, -0.2) is 27.7 Å². The molecule has 5 nitrogen and oxygen atoms in total. The van der Waals surface area contributed by atoms with Crippen molar-refractivity contribution in [3.63, 3.8) is 0 Å². The summed E-state index contributed by atoms with van der Waals surface area (Å²) in [6.45, 7) is 3.70. The Bertz CT molecular complexity index is 666. The van der Waals surface area contributed by atoms with E-state index in [-0.39, 0.29) is 11.3 Å². The minimum atomic E-state index is -0.344. The van der Waals surface area contributed by atoms with Crippen LogP contribution in [0, 0.1) is 5.41 Å². The first kappa shape index (κ1) is 14.7. The van der Waals surface area contributed by atoms with E-state index in [0.717, 1.165) is 49.6 Å². The molecule has 0 radical (unpaired) electrons. The highest BCUT2D eigenvalue weighted by atomic mass is 35.5. The number of rotatable bonds is 4. The van der Waals surface area contributed by atoms with Crippen molar-refractivity contribution in [3.05, 3.63) is 17.2 Å². The van der Waals surface area contributed by atoms with Gasteiger partial charge >= 0.3 is 0 Å². The number of nitrogens with one attached hydrogen (secondary N) is 2. The molecule has 7 heteroatoms. The number of halogens is 1. The van der Waals surface area contributed by atoms with Gasteiger partial charge in [0.1, 0.15) is 11.0 Å². The molecule has 1 saturated heterocycles. The lowest BCUT2D eigenvalue weighted by Gasteiger charge is -2.26. The molecule has 1 unspecified atom stereocenters. The molecule has 0 bridgehead atoms. The highest BCUT2D eigenvalue weighted by Crippen LogP contribution is 2.35. The van der Waals surface area contributed by atoms with Crippen molar-refractivity contribution in [3.8, 4) is 0 Å². The molecule has 1 amide bonds. The molecule has 1 aliphatic heterocycles. The van der Waals surface area contributed by atoms with Crippen LogP contribution in [0.3, 0.4) is 0 Å². The Morgan fingerprint density at radius 1 is 1.52 bits per heavy atom. The molecule has 0 saturated carbocycles. The molecule has 1 fully saturated rings. The summed E-state index contributed by atoms with van der Waals surface area (Å²) in [5.74, 6) is 0.0248. The standard InChI is InChI=1S/C14H17ClN4OS/c1-2-5-14(6-7-16-8-14)13(20)17-11-9(15)3-4-10-12(11)19-21-18-10/h3-4,16H,2,5-8H2,1H3,(H,17,20). The van der Waals surface area contributed by atoms with E-state index in [1.807, 2.05) is 6.07 Å². The average Bonchev–Trinajstić information content (AvgIpc) is 3.11. The second-order valence-electron chi connectivity index (χ2n) is 5.47. The maximum Gasteiger partial charge on any atom is 0.232 e. The number of hydrogen-bond donors (Lipinski definition) is 2. The summed E-state index contributed by atoms with van der Waals surface area (Å²) in [7, 11) is 0. The highest BCUT2D eigenvalue weighted by molar-refractivity contribution is 7.00. The Labute approximate surface area is 132 Å². The third-order valence-electron chi connectivity index (χ3n) is 4.07. The number of fused-ring (bicyclic) bond motifs is 1. The van der Waals surface area contributed by atoms with Gasteiger partial charge < -0.3 is 10.6 Å². The summed E-state index contributed by atoms with van der Waals surface area (Å²) in [4.78, 5) is 12.8. The summed E-state index contributed by atoms with van der Waals surface area (Å²) in [5, 5.41) is 6.79. The van der Waals surface area contributed by atoms with Gasteiger partial charge in [-0.05, 0) is 31.5 Å². The van der Waals surface area contributed by atoms with E-state index in [2.05, 4.69) is 26.3 Å². The van der Waals surface area contributed by atoms with Gasteiger partial charge in [0.15, 0.2) is 0 Å². The van der Waals surface area contributed by atoms with E-state index in [4.69, 9.17) is 11.6 Å². The Morgan fingerprint density at radius 3 is 3.10 bits per heavy atom. The van der Waals surface area contributed by atoms with Crippen LogP contribution in [0.25, 0.3) is 11.0 Å².